The summed E-state index contributed by atoms with van der Waals surface area (Å²) in [6.07, 6.45) is 2.92. The Kier molecular flexibility index (Phi) is 5.24. The van der Waals surface area contributed by atoms with Crippen LogP contribution in [-0.4, -0.2) is 24.9 Å². The molecule has 0 aliphatic carbocycles. The minimum atomic E-state index is -0.316. The third kappa shape index (κ3) is 3.64. The lowest BCUT2D eigenvalue weighted by Crippen LogP contribution is -1.97. The third-order valence-electron chi connectivity index (χ3n) is 3.53. The molecule has 0 aliphatic heterocycles. The van der Waals surface area contributed by atoms with Gasteiger partial charge >= 0.3 is 0 Å². The van der Waals surface area contributed by atoms with Crippen LogP contribution in [0.2, 0.25) is 0 Å². The molecule has 0 amide bonds. The second-order valence-corrected chi connectivity index (χ2v) is 6.28. The van der Waals surface area contributed by atoms with Crippen LogP contribution in [0, 0.1) is 5.82 Å². The fourth-order valence-electron chi connectivity index (χ4n) is 2.23. The van der Waals surface area contributed by atoms with E-state index in [1.807, 2.05) is 7.05 Å². The molecular formula is C16H18FN5OS. The van der Waals surface area contributed by atoms with Crippen molar-refractivity contribution in [1.82, 2.24) is 24.9 Å². The van der Waals surface area contributed by atoms with Gasteiger partial charge in [0.2, 0.25) is 5.89 Å². The Labute approximate surface area is 143 Å². The Morgan fingerprint density at radius 3 is 2.88 bits per heavy atom. The summed E-state index contributed by atoms with van der Waals surface area (Å²) in [5.74, 6) is 1.99. The van der Waals surface area contributed by atoms with Gasteiger partial charge in [0.1, 0.15) is 5.82 Å². The number of hydrogen-bond donors (Lipinski definition) is 0. The van der Waals surface area contributed by atoms with E-state index in [1.54, 1.807) is 22.8 Å². The highest BCUT2D eigenvalue weighted by atomic mass is 32.2. The molecular weight excluding hydrogens is 329 g/mol. The fourth-order valence-corrected chi connectivity index (χ4v) is 2.98. The summed E-state index contributed by atoms with van der Waals surface area (Å²) in [5, 5.41) is 12.9. The molecule has 126 valence electrons. The van der Waals surface area contributed by atoms with Gasteiger partial charge in [-0.3, -0.25) is 0 Å². The Morgan fingerprint density at radius 2 is 2.08 bits per heavy atom. The van der Waals surface area contributed by atoms with E-state index in [0.29, 0.717) is 34.0 Å². The number of aromatic nitrogens is 5. The maximum absolute atomic E-state index is 13.9. The van der Waals surface area contributed by atoms with Gasteiger partial charge in [0.25, 0.3) is 0 Å². The van der Waals surface area contributed by atoms with Crippen LogP contribution in [0.25, 0.3) is 11.4 Å². The average molecular weight is 347 g/mol. The van der Waals surface area contributed by atoms with Crippen LogP contribution < -0.4 is 0 Å². The fraction of sp³-hybridized carbons (Fsp3) is 0.375. The van der Waals surface area contributed by atoms with E-state index in [4.69, 9.17) is 4.52 Å². The van der Waals surface area contributed by atoms with Crippen molar-refractivity contribution >= 4 is 11.8 Å². The van der Waals surface area contributed by atoms with Crippen molar-refractivity contribution in [2.45, 2.75) is 37.1 Å². The number of halogens is 1. The first-order valence-corrected chi connectivity index (χ1v) is 8.76. The molecule has 2 heterocycles. The van der Waals surface area contributed by atoms with Crippen molar-refractivity contribution in [2.24, 2.45) is 7.05 Å². The average Bonchev–Trinajstić information content (AvgIpc) is 3.18. The van der Waals surface area contributed by atoms with Gasteiger partial charge in [-0.05, 0) is 18.6 Å². The Morgan fingerprint density at radius 1 is 1.25 bits per heavy atom. The van der Waals surface area contributed by atoms with E-state index in [0.717, 1.165) is 19.3 Å². The molecule has 0 atom stereocenters. The molecule has 8 heteroatoms. The van der Waals surface area contributed by atoms with Gasteiger partial charge in [-0.15, -0.1) is 10.2 Å². The maximum atomic E-state index is 13.9. The summed E-state index contributed by atoms with van der Waals surface area (Å²) in [4.78, 5) is 4.36. The van der Waals surface area contributed by atoms with Crippen LogP contribution in [0.4, 0.5) is 4.39 Å². The quantitative estimate of drug-likeness (QED) is 0.608. The number of hydrogen-bond acceptors (Lipinski definition) is 6. The van der Waals surface area contributed by atoms with E-state index < -0.39 is 0 Å². The van der Waals surface area contributed by atoms with Crippen LogP contribution in [0.5, 0.6) is 0 Å². The highest BCUT2D eigenvalue weighted by Crippen LogP contribution is 2.26. The first-order valence-electron chi connectivity index (χ1n) is 7.77. The second-order valence-electron chi connectivity index (χ2n) is 5.34. The van der Waals surface area contributed by atoms with Crippen molar-refractivity contribution in [3.8, 4) is 11.4 Å². The largest absolute Gasteiger partial charge is 0.339 e. The molecule has 2 aromatic heterocycles. The number of rotatable bonds is 7. The minimum Gasteiger partial charge on any atom is -0.339 e. The molecule has 0 saturated heterocycles. The predicted molar refractivity (Wildman–Crippen MR) is 88.9 cm³/mol. The molecule has 0 aliphatic rings. The van der Waals surface area contributed by atoms with Gasteiger partial charge < -0.3 is 9.09 Å². The van der Waals surface area contributed by atoms with Crippen molar-refractivity contribution in [2.75, 3.05) is 0 Å². The zero-order chi connectivity index (χ0) is 16.9. The van der Waals surface area contributed by atoms with Crippen molar-refractivity contribution < 1.29 is 8.91 Å². The van der Waals surface area contributed by atoms with Gasteiger partial charge in [0.15, 0.2) is 16.8 Å². The summed E-state index contributed by atoms with van der Waals surface area (Å²) in [5.41, 5.74) is 0.431. The van der Waals surface area contributed by atoms with Crippen molar-refractivity contribution in [3.05, 3.63) is 41.8 Å². The zero-order valence-electron chi connectivity index (χ0n) is 13.6. The normalized spacial score (nSPS) is 11.1. The molecule has 1 aromatic carbocycles. The zero-order valence-corrected chi connectivity index (χ0v) is 14.4. The Bertz CT molecular complexity index is 816. The van der Waals surface area contributed by atoms with E-state index >= 15 is 0 Å². The van der Waals surface area contributed by atoms with Gasteiger partial charge in [0, 0.05) is 13.5 Å². The molecule has 3 rings (SSSR count). The first-order chi connectivity index (χ1) is 11.7. The highest BCUT2D eigenvalue weighted by Gasteiger charge is 2.15. The van der Waals surface area contributed by atoms with E-state index in [9.17, 15) is 4.39 Å². The SMILES string of the molecule is CCCCc1nc(CSc2nnc(-c3ccccc3F)n2C)no1. The van der Waals surface area contributed by atoms with E-state index in [1.165, 1.54) is 17.8 Å². The molecule has 0 fully saturated rings. The molecule has 0 saturated carbocycles. The molecule has 0 radical (unpaired) electrons. The summed E-state index contributed by atoms with van der Waals surface area (Å²) in [6, 6.07) is 6.52. The van der Waals surface area contributed by atoms with Crippen LogP contribution in [-0.2, 0) is 19.2 Å². The lowest BCUT2D eigenvalue weighted by Gasteiger charge is -2.03. The van der Waals surface area contributed by atoms with Crippen molar-refractivity contribution in [3.63, 3.8) is 0 Å². The van der Waals surface area contributed by atoms with Crippen molar-refractivity contribution in [1.29, 1.82) is 0 Å². The number of thioether (sulfide) groups is 1. The minimum absolute atomic E-state index is 0.316. The van der Waals surface area contributed by atoms with E-state index in [-0.39, 0.29) is 5.82 Å². The third-order valence-corrected chi connectivity index (χ3v) is 4.55. The van der Waals surface area contributed by atoms with Gasteiger partial charge in [-0.25, -0.2) is 4.39 Å². The van der Waals surface area contributed by atoms with Crippen LogP contribution >= 0.6 is 11.8 Å². The second kappa shape index (κ2) is 7.57. The van der Waals surface area contributed by atoms with Gasteiger partial charge in [-0.1, -0.05) is 42.4 Å². The molecule has 24 heavy (non-hydrogen) atoms. The monoisotopic (exact) mass is 347 g/mol. The molecule has 0 spiro atoms. The molecule has 0 unspecified atom stereocenters. The number of aryl methyl sites for hydroxylation is 1. The van der Waals surface area contributed by atoms with Crippen LogP contribution in [0.15, 0.2) is 33.9 Å². The topological polar surface area (TPSA) is 69.6 Å². The van der Waals surface area contributed by atoms with Gasteiger partial charge in [0.05, 0.1) is 11.3 Å². The van der Waals surface area contributed by atoms with Crippen LogP contribution in [0.3, 0.4) is 0 Å². The number of benzene rings is 1. The smallest absolute Gasteiger partial charge is 0.226 e. The summed E-state index contributed by atoms with van der Waals surface area (Å²) < 4.78 is 20.9. The summed E-state index contributed by atoms with van der Waals surface area (Å²) in [6.45, 7) is 2.12. The Hall–Kier alpha value is -2.22. The lowest BCUT2D eigenvalue weighted by molar-refractivity contribution is 0.371. The van der Waals surface area contributed by atoms with Gasteiger partial charge in [-0.2, -0.15) is 4.98 Å². The summed E-state index contributed by atoms with van der Waals surface area (Å²) in [7, 11) is 1.81. The molecule has 6 nitrogen and oxygen atoms in total. The first kappa shape index (κ1) is 16.6. The van der Waals surface area contributed by atoms with E-state index in [2.05, 4.69) is 27.3 Å². The van der Waals surface area contributed by atoms with Crippen LogP contribution in [0.1, 0.15) is 31.5 Å². The Balaban J connectivity index is 1.68. The highest BCUT2D eigenvalue weighted by molar-refractivity contribution is 7.98. The molecule has 0 bridgehead atoms. The number of nitrogens with zero attached hydrogens (tertiary/aromatic N) is 5. The number of unbranched alkanes of at least 4 members (excludes halogenated alkanes) is 1. The predicted octanol–water partition coefficient (Wildman–Crippen LogP) is 3.64. The maximum Gasteiger partial charge on any atom is 0.226 e. The standard InChI is InChI=1S/C16H18FN5OS/c1-3-4-9-14-18-13(21-23-14)10-24-16-20-19-15(22(16)2)11-7-5-6-8-12(11)17/h5-8H,3-4,9-10H2,1-2H3. The lowest BCUT2D eigenvalue weighted by atomic mass is 10.2. The summed E-state index contributed by atoms with van der Waals surface area (Å²) >= 11 is 1.44. The molecule has 3 aromatic rings. The molecule has 0 N–H and O–H groups in total.